The normalized spacial score (nSPS) is 10.8. The zero-order chi connectivity index (χ0) is 19.7. The Hall–Kier alpha value is -3.16. The van der Waals surface area contributed by atoms with Gasteiger partial charge >= 0.3 is 0 Å². The zero-order valence-electron chi connectivity index (χ0n) is 14.4. The van der Waals surface area contributed by atoms with Gasteiger partial charge in [0.2, 0.25) is 5.89 Å². The van der Waals surface area contributed by atoms with Crippen LogP contribution in [0.15, 0.2) is 53.2 Å². The fraction of sp³-hybridized carbons (Fsp3) is 0.0526. The number of halogens is 2. The second-order valence-corrected chi connectivity index (χ2v) is 6.44. The lowest BCUT2D eigenvalue weighted by atomic mass is 10.1. The molecule has 0 spiro atoms. The third-order valence-electron chi connectivity index (χ3n) is 3.91. The van der Waals surface area contributed by atoms with Crippen LogP contribution in [0.5, 0.6) is 5.75 Å². The third kappa shape index (κ3) is 3.37. The van der Waals surface area contributed by atoms with E-state index in [4.69, 9.17) is 32.4 Å². The Morgan fingerprint density at radius 2 is 1.93 bits per heavy atom. The molecule has 4 aromatic rings. The summed E-state index contributed by atoms with van der Waals surface area (Å²) in [5.41, 5.74) is 2.12. The Balaban J connectivity index is 1.76. The quantitative estimate of drug-likeness (QED) is 0.479. The third-order valence-corrected chi connectivity index (χ3v) is 4.49. The molecule has 0 aliphatic heterocycles. The molecule has 1 N–H and O–H groups in total. The van der Waals surface area contributed by atoms with E-state index in [9.17, 15) is 4.79 Å². The van der Waals surface area contributed by atoms with Crippen LogP contribution in [-0.4, -0.2) is 28.0 Å². The average molecular weight is 415 g/mol. The fourth-order valence-electron chi connectivity index (χ4n) is 2.65. The largest absolute Gasteiger partial charge is 0.493 e. The molecule has 0 aliphatic carbocycles. The molecule has 0 aliphatic rings. The highest BCUT2D eigenvalue weighted by Crippen LogP contribution is 2.38. The van der Waals surface area contributed by atoms with E-state index in [0.29, 0.717) is 34.1 Å². The number of oxazole rings is 1. The minimum absolute atomic E-state index is 0.0891. The number of anilines is 1. The molecule has 0 fully saturated rings. The van der Waals surface area contributed by atoms with Crippen LogP contribution in [0.25, 0.3) is 22.7 Å². The lowest BCUT2D eigenvalue weighted by Crippen LogP contribution is -2.14. The monoisotopic (exact) mass is 414 g/mol. The van der Waals surface area contributed by atoms with Gasteiger partial charge in [-0.2, -0.15) is 4.98 Å². The Morgan fingerprint density at radius 3 is 2.68 bits per heavy atom. The molecule has 28 heavy (non-hydrogen) atoms. The molecular weight excluding hydrogens is 403 g/mol. The summed E-state index contributed by atoms with van der Waals surface area (Å²) in [5, 5.41) is 3.11. The number of aromatic nitrogens is 3. The molecule has 9 heteroatoms. The number of nitrogens with one attached hydrogen (secondary N) is 1. The van der Waals surface area contributed by atoms with E-state index in [1.165, 1.54) is 13.3 Å². The van der Waals surface area contributed by atoms with E-state index in [-0.39, 0.29) is 15.7 Å². The van der Waals surface area contributed by atoms with Crippen molar-refractivity contribution in [2.24, 2.45) is 0 Å². The number of carbonyl (C=O) groups is 1. The van der Waals surface area contributed by atoms with Crippen molar-refractivity contribution in [1.82, 2.24) is 15.0 Å². The van der Waals surface area contributed by atoms with Crippen LogP contribution >= 0.6 is 23.2 Å². The van der Waals surface area contributed by atoms with Gasteiger partial charge in [-0.25, -0.2) is 9.97 Å². The second-order valence-electron chi connectivity index (χ2n) is 5.68. The Labute approximate surface area is 169 Å². The number of benzene rings is 1. The lowest BCUT2D eigenvalue weighted by Gasteiger charge is -2.13. The van der Waals surface area contributed by atoms with Crippen molar-refractivity contribution < 1.29 is 13.9 Å². The second kappa shape index (κ2) is 7.46. The lowest BCUT2D eigenvalue weighted by molar-refractivity contribution is 0.102. The summed E-state index contributed by atoms with van der Waals surface area (Å²) < 4.78 is 11.1. The molecule has 0 bridgehead atoms. The molecule has 3 aromatic heterocycles. The molecule has 0 atom stereocenters. The summed E-state index contributed by atoms with van der Waals surface area (Å²) in [6.45, 7) is 0. The fourth-order valence-corrected chi connectivity index (χ4v) is 3.16. The zero-order valence-corrected chi connectivity index (χ0v) is 16.0. The first-order valence-corrected chi connectivity index (χ1v) is 8.83. The van der Waals surface area contributed by atoms with E-state index in [1.807, 2.05) is 0 Å². The molecule has 1 aromatic carbocycles. The molecule has 0 unspecified atom stereocenters. The molecule has 0 saturated carbocycles. The minimum Gasteiger partial charge on any atom is -0.493 e. The average Bonchev–Trinajstić information content (AvgIpc) is 3.12. The van der Waals surface area contributed by atoms with Gasteiger partial charge in [0.25, 0.3) is 5.91 Å². The van der Waals surface area contributed by atoms with Crippen LogP contribution in [0, 0.1) is 0 Å². The highest BCUT2D eigenvalue weighted by atomic mass is 35.5. The minimum atomic E-state index is -0.455. The van der Waals surface area contributed by atoms with E-state index in [2.05, 4.69) is 20.3 Å². The maximum absolute atomic E-state index is 12.6. The summed E-state index contributed by atoms with van der Waals surface area (Å²) in [7, 11) is 1.46. The summed E-state index contributed by atoms with van der Waals surface area (Å²) in [5.74, 6) is 0.157. The first-order valence-electron chi connectivity index (χ1n) is 8.08. The number of ether oxygens (including phenoxy) is 1. The Bertz CT molecular complexity index is 1160. The van der Waals surface area contributed by atoms with Gasteiger partial charge in [-0.05, 0) is 36.4 Å². The van der Waals surface area contributed by atoms with Gasteiger partial charge in [-0.3, -0.25) is 4.79 Å². The number of fused-ring (bicyclic) bond motifs is 1. The number of pyridine rings is 2. The van der Waals surface area contributed by atoms with Gasteiger partial charge in [0.15, 0.2) is 17.0 Å². The Morgan fingerprint density at radius 1 is 1.14 bits per heavy atom. The van der Waals surface area contributed by atoms with E-state index >= 15 is 0 Å². The number of nitrogens with zero attached hydrogens (tertiary/aromatic N) is 3. The summed E-state index contributed by atoms with van der Waals surface area (Å²) >= 11 is 12.3. The van der Waals surface area contributed by atoms with Crippen molar-refractivity contribution >= 4 is 46.0 Å². The molecule has 4 rings (SSSR count). The summed E-state index contributed by atoms with van der Waals surface area (Å²) in [6.07, 6.45) is 3.12. The molecule has 140 valence electrons. The molecule has 1 amide bonds. The van der Waals surface area contributed by atoms with Crippen LogP contribution in [0.3, 0.4) is 0 Å². The maximum Gasteiger partial charge on any atom is 0.258 e. The van der Waals surface area contributed by atoms with Gasteiger partial charge in [0.1, 0.15) is 5.15 Å². The van der Waals surface area contributed by atoms with Crippen molar-refractivity contribution in [3.05, 3.63) is 64.5 Å². The summed E-state index contributed by atoms with van der Waals surface area (Å²) in [6, 6.07) is 9.98. The smallest absolute Gasteiger partial charge is 0.258 e. The van der Waals surface area contributed by atoms with Crippen LogP contribution in [-0.2, 0) is 0 Å². The maximum atomic E-state index is 12.6. The van der Waals surface area contributed by atoms with E-state index < -0.39 is 5.91 Å². The van der Waals surface area contributed by atoms with Gasteiger partial charge in [-0.1, -0.05) is 23.2 Å². The molecule has 3 heterocycles. The highest BCUT2D eigenvalue weighted by Gasteiger charge is 2.19. The number of rotatable bonds is 4. The number of carbonyl (C=O) groups excluding carboxylic acids is 1. The predicted octanol–water partition coefficient (Wildman–Crippen LogP) is 4.85. The van der Waals surface area contributed by atoms with Crippen LogP contribution in [0.1, 0.15) is 10.4 Å². The molecule has 0 saturated heterocycles. The van der Waals surface area contributed by atoms with Crippen LogP contribution < -0.4 is 10.1 Å². The first-order chi connectivity index (χ1) is 13.6. The highest BCUT2D eigenvalue weighted by molar-refractivity contribution is 6.34. The van der Waals surface area contributed by atoms with Crippen LogP contribution in [0.4, 0.5) is 5.69 Å². The Kier molecular flexibility index (Phi) is 4.85. The van der Waals surface area contributed by atoms with Crippen LogP contribution in [0.2, 0.25) is 10.2 Å². The van der Waals surface area contributed by atoms with Crippen molar-refractivity contribution in [2.45, 2.75) is 0 Å². The van der Waals surface area contributed by atoms with E-state index in [1.54, 1.807) is 42.6 Å². The van der Waals surface area contributed by atoms with Crippen molar-refractivity contribution in [1.29, 1.82) is 0 Å². The standard InChI is InChI=1S/C19H12Cl2N4O3/c1-27-15-12(20)8-10(19-25-17-14(28-19)5-3-7-23-17)9-13(15)24-18(26)11-4-2-6-22-16(11)21/h2-9H,1H3,(H,24,26). The van der Waals surface area contributed by atoms with Crippen molar-refractivity contribution in [3.63, 3.8) is 0 Å². The first kappa shape index (κ1) is 18.2. The molecule has 0 radical (unpaired) electrons. The SMILES string of the molecule is COc1c(Cl)cc(-c2nc3ncccc3o2)cc1NC(=O)c1cccnc1Cl. The van der Waals surface area contributed by atoms with Gasteiger partial charge in [-0.15, -0.1) is 0 Å². The van der Waals surface area contributed by atoms with Crippen molar-refractivity contribution in [2.75, 3.05) is 12.4 Å². The molecular formula is C19H12Cl2N4O3. The summed E-state index contributed by atoms with van der Waals surface area (Å²) in [4.78, 5) is 25.0. The van der Waals surface area contributed by atoms with Gasteiger partial charge < -0.3 is 14.5 Å². The predicted molar refractivity (Wildman–Crippen MR) is 106 cm³/mol. The topological polar surface area (TPSA) is 90.1 Å². The van der Waals surface area contributed by atoms with Gasteiger partial charge in [0.05, 0.1) is 23.4 Å². The number of amides is 1. The van der Waals surface area contributed by atoms with Gasteiger partial charge in [0, 0.05) is 18.0 Å². The number of hydrogen-bond acceptors (Lipinski definition) is 6. The van der Waals surface area contributed by atoms with Crippen molar-refractivity contribution in [3.8, 4) is 17.2 Å². The number of hydrogen-bond donors (Lipinski definition) is 1. The van der Waals surface area contributed by atoms with E-state index in [0.717, 1.165) is 0 Å². The molecule has 7 nitrogen and oxygen atoms in total. The number of methoxy groups -OCH3 is 1.